The SMILES string of the molecule is CC1=CS(=O)(=O)NC(=N)N1. The van der Waals surface area contributed by atoms with Crippen molar-refractivity contribution in [2.24, 2.45) is 0 Å². The molecule has 0 bridgehead atoms. The number of hydrogen-bond donors (Lipinski definition) is 3. The lowest BCUT2D eigenvalue weighted by atomic mass is 10.6. The summed E-state index contributed by atoms with van der Waals surface area (Å²) in [5, 5.41) is 10.5. The number of allylic oxidation sites excluding steroid dienone is 1. The van der Waals surface area contributed by atoms with E-state index in [1.807, 2.05) is 4.72 Å². The molecule has 6 heteroatoms. The molecule has 0 unspecified atom stereocenters. The van der Waals surface area contributed by atoms with Gasteiger partial charge in [0.15, 0.2) is 0 Å². The van der Waals surface area contributed by atoms with E-state index in [0.29, 0.717) is 5.70 Å². The standard InChI is InChI=1S/C4H7N3O2S/c1-3-2-10(8,9)7-4(5)6-3/h2H,1H3,(H3,5,6,7). The molecule has 0 radical (unpaired) electrons. The molecule has 5 nitrogen and oxygen atoms in total. The molecular formula is C4H7N3O2S. The van der Waals surface area contributed by atoms with E-state index >= 15 is 0 Å². The summed E-state index contributed by atoms with van der Waals surface area (Å²) < 4.78 is 23.4. The Morgan fingerprint density at radius 2 is 2.20 bits per heavy atom. The number of guanidine groups is 1. The Balaban J connectivity index is 3.07. The summed E-state index contributed by atoms with van der Waals surface area (Å²) in [6.07, 6.45) is 0. The average molecular weight is 161 g/mol. The first-order chi connectivity index (χ1) is 4.49. The summed E-state index contributed by atoms with van der Waals surface area (Å²) >= 11 is 0. The van der Waals surface area contributed by atoms with Crippen LogP contribution in [0.2, 0.25) is 0 Å². The van der Waals surface area contributed by atoms with Crippen molar-refractivity contribution in [3.05, 3.63) is 11.1 Å². The zero-order valence-corrected chi connectivity index (χ0v) is 6.12. The zero-order valence-electron chi connectivity index (χ0n) is 5.30. The second-order valence-electron chi connectivity index (χ2n) is 1.95. The Kier molecular flexibility index (Phi) is 1.40. The van der Waals surface area contributed by atoms with Gasteiger partial charge in [-0.15, -0.1) is 0 Å². The largest absolute Gasteiger partial charge is 0.329 e. The van der Waals surface area contributed by atoms with Gasteiger partial charge in [-0.3, -0.25) is 5.41 Å². The number of rotatable bonds is 0. The number of sulfonamides is 1. The molecule has 0 fully saturated rings. The van der Waals surface area contributed by atoms with Crippen molar-refractivity contribution in [2.45, 2.75) is 6.92 Å². The van der Waals surface area contributed by atoms with Crippen molar-refractivity contribution >= 4 is 16.0 Å². The minimum Gasteiger partial charge on any atom is -0.329 e. The van der Waals surface area contributed by atoms with Crippen molar-refractivity contribution in [2.75, 3.05) is 0 Å². The van der Waals surface area contributed by atoms with E-state index < -0.39 is 10.0 Å². The third-order valence-electron chi connectivity index (χ3n) is 0.898. The van der Waals surface area contributed by atoms with Gasteiger partial charge in [-0.2, -0.15) is 0 Å². The molecule has 0 amide bonds. The maximum absolute atomic E-state index is 10.7. The number of hydrogen-bond acceptors (Lipinski definition) is 3. The predicted octanol–water partition coefficient (Wildman–Crippen LogP) is -0.695. The molecule has 10 heavy (non-hydrogen) atoms. The fourth-order valence-corrected chi connectivity index (χ4v) is 1.58. The molecule has 56 valence electrons. The van der Waals surface area contributed by atoms with E-state index in [1.165, 1.54) is 0 Å². The normalized spacial score (nSPS) is 22.5. The lowest BCUT2D eigenvalue weighted by Gasteiger charge is -2.14. The van der Waals surface area contributed by atoms with E-state index in [9.17, 15) is 8.42 Å². The molecule has 1 aliphatic rings. The van der Waals surface area contributed by atoms with Gasteiger partial charge in [-0.25, -0.2) is 13.1 Å². The molecule has 0 spiro atoms. The highest BCUT2D eigenvalue weighted by Crippen LogP contribution is 1.97. The molecule has 0 saturated carbocycles. The molecule has 0 saturated heterocycles. The molecular weight excluding hydrogens is 154 g/mol. The topological polar surface area (TPSA) is 82.1 Å². The van der Waals surface area contributed by atoms with Gasteiger partial charge in [-0.05, 0) is 6.92 Å². The van der Waals surface area contributed by atoms with Crippen LogP contribution in [0, 0.1) is 5.41 Å². The van der Waals surface area contributed by atoms with Crippen LogP contribution in [0.1, 0.15) is 6.92 Å². The Morgan fingerprint density at radius 3 is 2.60 bits per heavy atom. The molecule has 1 heterocycles. The second-order valence-corrected chi connectivity index (χ2v) is 3.48. The van der Waals surface area contributed by atoms with Crippen LogP contribution < -0.4 is 10.0 Å². The molecule has 1 rings (SSSR count). The van der Waals surface area contributed by atoms with Crippen molar-refractivity contribution < 1.29 is 8.42 Å². The molecule has 0 aromatic rings. The van der Waals surface area contributed by atoms with Crippen LogP contribution >= 0.6 is 0 Å². The highest BCUT2D eigenvalue weighted by molar-refractivity contribution is 7.93. The first-order valence-electron chi connectivity index (χ1n) is 2.56. The quantitative estimate of drug-likeness (QED) is 0.439. The van der Waals surface area contributed by atoms with Gasteiger partial charge >= 0.3 is 0 Å². The lowest BCUT2D eigenvalue weighted by molar-refractivity contribution is 0.598. The van der Waals surface area contributed by atoms with Gasteiger partial charge in [0.25, 0.3) is 10.0 Å². The molecule has 0 atom stereocenters. The molecule has 1 aliphatic heterocycles. The van der Waals surface area contributed by atoms with Gasteiger partial charge < -0.3 is 5.32 Å². The van der Waals surface area contributed by atoms with Gasteiger partial charge in [0.2, 0.25) is 5.96 Å². The van der Waals surface area contributed by atoms with Crippen molar-refractivity contribution in [1.82, 2.24) is 10.0 Å². The van der Waals surface area contributed by atoms with Crippen LogP contribution in [0.15, 0.2) is 11.1 Å². The van der Waals surface area contributed by atoms with Gasteiger partial charge in [-0.1, -0.05) is 0 Å². The third-order valence-corrected chi connectivity index (χ3v) is 2.05. The minimum atomic E-state index is -3.38. The smallest absolute Gasteiger partial charge is 0.258 e. The van der Waals surface area contributed by atoms with Gasteiger partial charge in [0.05, 0.1) is 5.41 Å². The van der Waals surface area contributed by atoms with Crippen LogP contribution in [-0.4, -0.2) is 14.4 Å². The van der Waals surface area contributed by atoms with E-state index in [1.54, 1.807) is 6.92 Å². The van der Waals surface area contributed by atoms with E-state index in [4.69, 9.17) is 5.41 Å². The number of nitrogens with one attached hydrogen (secondary N) is 3. The summed E-state index contributed by atoms with van der Waals surface area (Å²) in [7, 11) is -3.38. The van der Waals surface area contributed by atoms with E-state index in [-0.39, 0.29) is 5.96 Å². The van der Waals surface area contributed by atoms with E-state index in [2.05, 4.69) is 5.32 Å². The Labute approximate surface area is 58.7 Å². The monoisotopic (exact) mass is 161 g/mol. The molecule has 3 N–H and O–H groups in total. The fraction of sp³-hybridized carbons (Fsp3) is 0.250. The fourth-order valence-electron chi connectivity index (χ4n) is 0.657. The summed E-state index contributed by atoms with van der Waals surface area (Å²) in [5.74, 6) is -0.208. The van der Waals surface area contributed by atoms with Crippen LogP contribution in [-0.2, 0) is 10.0 Å². The second kappa shape index (κ2) is 1.98. The highest BCUT2D eigenvalue weighted by atomic mass is 32.2. The maximum Gasteiger partial charge on any atom is 0.258 e. The van der Waals surface area contributed by atoms with Crippen LogP contribution in [0.4, 0.5) is 0 Å². The highest BCUT2D eigenvalue weighted by Gasteiger charge is 2.14. The lowest BCUT2D eigenvalue weighted by Crippen LogP contribution is -2.42. The Hall–Kier alpha value is -1.04. The first-order valence-corrected chi connectivity index (χ1v) is 4.11. The van der Waals surface area contributed by atoms with Crippen molar-refractivity contribution in [3.8, 4) is 0 Å². The minimum absolute atomic E-state index is 0.208. The third kappa shape index (κ3) is 1.47. The Bertz CT molecular complexity index is 290. The Morgan fingerprint density at radius 1 is 1.60 bits per heavy atom. The zero-order chi connectivity index (χ0) is 7.78. The first kappa shape index (κ1) is 7.07. The van der Waals surface area contributed by atoms with Gasteiger partial charge in [0, 0.05) is 5.70 Å². The summed E-state index contributed by atoms with van der Waals surface area (Å²) in [5.41, 5.74) is 0.448. The summed E-state index contributed by atoms with van der Waals surface area (Å²) in [6.45, 7) is 1.58. The maximum atomic E-state index is 10.7. The van der Waals surface area contributed by atoms with Gasteiger partial charge in [0.1, 0.15) is 0 Å². The van der Waals surface area contributed by atoms with Crippen molar-refractivity contribution in [1.29, 1.82) is 5.41 Å². The van der Waals surface area contributed by atoms with Crippen LogP contribution in [0.5, 0.6) is 0 Å². The molecule has 0 aromatic heterocycles. The van der Waals surface area contributed by atoms with E-state index in [0.717, 1.165) is 5.41 Å². The molecule has 0 aliphatic carbocycles. The summed E-state index contributed by atoms with van der Waals surface area (Å²) in [4.78, 5) is 0. The van der Waals surface area contributed by atoms with Crippen LogP contribution in [0.25, 0.3) is 0 Å². The summed E-state index contributed by atoms with van der Waals surface area (Å²) in [6, 6.07) is 0. The molecule has 0 aromatic carbocycles. The average Bonchev–Trinajstić information content (AvgIpc) is 1.54. The van der Waals surface area contributed by atoms with Crippen LogP contribution in [0.3, 0.4) is 0 Å². The predicted molar refractivity (Wildman–Crippen MR) is 36.7 cm³/mol. The van der Waals surface area contributed by atoms with Crippen molar-refractivity contribution in [3.63, 3.8) is 0 Å².